The molecule has 3 aromatic heterocycles. The molecule has 0 saturated carbocycles. The van der Waals surface area contributed by atoms with Crippen molar-refractivity contribution in [3.63, 3.8) is 0 Å². The molecule has 0 aliphatic heterocycles. The van der Waals surface area contributed by atoms with Crippen molar-refractivity contribution in [3.8, 4) is 39.5 Å². The zero-order valence-electron chi connectivity index (χ0n) is 22.4. The Bertz CT molecular complexity index is 1920. The van der Waals surface area contributed by atoms with Gasteiger partial charge in [0.2, 0.25) is 0 Å². The van der Waals surface area contributed by atoms with Gasteiger partial charge in [0.05, 0.1) is 29.0 Å². The Labute approximate surface area is 235 Å². The van der Waals surface area contributed by atoms with Crippen LogP contribution in [0.2, 0.25) is 0 Å². The van der Waals surface area contributed by atoms with Crippen molar-refractivity contribution in [3.05, 3.63) is 119 Å². The largest absolute Gasteiger partial charge is 0.382 e. The molecule has 0 bridgehead atoms. The zero-order valence-corrected chi connectivity index (χ0v) is 22.4. The van der Waals surface area contributed by atoms with Crippen LogP contribution in [0.25, 0.3) is 39.5 Å². The Kier molecular flexibility index (Phi) is 6.48. The molecule has 6 rings (SSSR count). The molecule has 6 aromatic rings. The summed E-state index contributed by atoms with van der Waals surface area (Å²) >= 11 is 0. The number of anilines is 2. The lowest BCUT2D eigenvalue weighted by molar-refractivity contribution is 0.102. The monoisotopic (exact) mass is 542 g/mol. The number of nitrogens with one attached hydrogen (secondary N) is 2. The number of aromatic amines is 1. The summed E-state index contributed by atoms with van der Waals surface area (Å²) in [6, 6.07) is 26.1. The van der Waals surface area contributed by atoms with Gasteiger partial charge in [-0.3, -0.25) is 19.4 Å². The van der Waals surface area contributed by atoms with Gasteiger partial charge in [-0.15, -0.1) is 0 Å². The summed E-state index contributed by atoms with van der Waals surface area (Å²) in [6.07, 6.45) is 3.41. The fourth-order valence-electron chi connectivity index (χ4n) is 4.74. The van der Waals surface area contributed by atoms with Crippen molar-refractivity contribution in [2.75, 3.05) is 11.1 Å². The summed E-state index contributed by atoms with van der Waals surface area (Å²) in [5.41, 5.74) is 12.3. The topological polar surface area (TPSA) is 137 Å². The molecule has 0 aliphatic carbocycles. The molecule has 10 heteroatoms. The van der Waals surface area contributed by atoms with E-state index in [4.69, 9.17) is 10.7 Å². The lowest BCUT2D eigenvalue weighted by Gasteiger charge is -2.10. The van der Waals surface area contributed by atoms with Gasteiger partial charge < -0.3 is 11.1 Å². The fourth-order valence-corrected chi connectivity index (χ4v) is 4.74. The summed E-state index contributed by atoms with van der Waals surface area (Å²) in [7, 11) is 1.75. The highest BCUT2D eigenvalue weighted by Gasteiger charge is 2.22. The molecule has 41 heavy (non-hydrogen) atoms. The van der Waals surface area contributed by atoms with Crippen LogP contribution in [0.4, 0.5) is 11.5 Å². The predicted octanol–water partition coefficient (Wildman–Crippen LogP) is 4.83. The van der Waals surface area contributed by atoms with Gasteiger partial charge in [0, 0.05) is 35.6 Å². The molecule has 0 radical (unpaired) electrons. The number of benzene rings is 3. The Morgan fingerprint density at radius 3 is 2.34 bits per heavy atom. The van der Waals surface area contributed by atoms with E-state index in [1.165, 1.54) is 4.68 Å². The van der Waals surface area contributed by atoms with E-state index in [0.717, 1.165) is 22.4 Å². The summed E-state index contributed by atoms with van der Waals surface area (Å²) < 4.78 is 3.15. The van der Waals surface area contributed by atoms with Gasteiger partial charge in [-0.2, -0.15) is 5.10 Å². The first-order chi connectivity index (χ1) is 19.9. The van der Waals surface area contributed by atoms with Gasteiger partial charge in [0.1, 0.15) is 17.1 Å². The number of hydrogen-bond donors (Lipinski definition) is 3. The molecule has 3 heterocycles. The van der Waals surface area contributed by atoms with Crippen LogP contribution in [0, 0.1) is 6.92 Å². The maximum Gasteiger partial charge on any atom is 0.284 e. The Hall–Kier alpha value is -5.77. The van der Waals surface area contributed by atoms with E-state index >= 15 is 0 Å². The molecule has 202 valence electrons. The average Bonchev–Trinajstić information content (AvgIpc) is 3.61. The van der Waals surface area contributed by atoms with Crippen LogP contribution < -0.4 is 16.6 Å². The summed E-state index contributed by atoms with van der Waals surface area (Å²) in [5.74, 6) is -0.195. The third-order valence-electron chi connectivity index (χ3n) is 6.95. The summed E-state index contributed by atoms with van der Waals surface area (Å²) in [5, 5.41) is 9.92. The summed E-state index contributed by atoms with van der Waals surface area (Å²) in [6.45, 7) is 1.75. The molecule has 0 spiro atoms. The molecule has 0 atom stereocenters. The molecule has 1 amide bonds. The third kappa shape index (κ3) is 4.78. The maximum atomic E-state index is 13.2. The van der Waals surface area contributed by atoms with Crippen LogP contribution in [0.1, 0.15) is 16.1 Å². The van der Waals surface area contributed by atoms with Crippen molar-refractivity contribution < 1.29 is 4.79 Å². The van der Waals surface area contributed by atoms with Crippen LogP contribution in [0.5, 0.6) is 0 Å². The number of carbonyl (C=O) groups is 1. The van der Waals surface area contributed by atoms with Crippen molar-refractivity contribution in [1.82, 2.24) is 29.5 Å². The number of carbonyl (C=O) groups excluding carboxylic acids is 1. The molecule has 10 nitrogen and oxygen atoms in total. The number of rotatable bonds is 6. The van der Waals surface area contributed by atoms with E-state index in [9.17, 15) is 9.59 Å². The minimum Gasteiger partial charge on any atom is -0.382 e. The number of nitrogen functional groups attached to an aromatic ring is 1. The number of para-hydroxylation sites is 1. The quantitative estimate of drug-likeness (QED) is 0.276. The van der Waals surface area contributed by atoms with E-state index < -0.39 is 5.91 Å². The van der Waals surface area contributed by atoms with Crippen LogP contribution in [-0.2, 0) is 7.05 Å². The van der Waals surface area contributed by atoms with Crippen molar-refractivity contribution in [1.29, 1.82) is 0 Å². The lowest BCUT2D eigenvalue weighted by Crippen LogP contribution is -2.25. The lowest BCUT2D eigenvalue weighted by atomic mass is 10.1. The molecule has 0 fully saturated rings. The highest BCUT2D eigenvalue weighted by Crippen LogP contribution is 2.29. The maximum absolute atomic E-state index is 13.2. The number of amides is 1. The molecule has 4 N–H and O–H groups in total. The van der Waals surface area contributed by atoms with Crippen molar-refractivity contribution in [2.24, 2.45) is 7.05 Å². The van der Waals surface area contributed by atoms with Gasteiger partial charge in [-0.1, -0.05) is 48.5 Å². The minimum absolute atomic E-state index is 0.0836. The Morgan fingerprint density at radius 2 is 1.63 bits per heavy atom. The number of nitrogens with two attached hydrogens (primary N) is 1. The number of aromatic nitrogens is 6. The minimum atomic E-state index is -0.483. The molecule has 0 aliphatic rings. The second kappa shape index (κ2) is 10.4. The molecular weight excluding hydrogens is 516 g/mol. The highest BCUT2D eigenvalue weighted by atomic mass is 16.2. The first-order valence-electron chi connectivity index (χ1n) is 12.9. The Balaban J connectivity index is 1.25. The van der Waals surface area contributed by atoms with Crippen LogP contribution in [-0.4, -0.2) is 35.4 Å². The third-order valence-corrected chi connectivity index (χ3v) is 6.95. The van der Waals surface area contributed by atoms with E-state index in [1.807, 2.05) is 60.7 Å². The van der Waals surface area contributed by atoms with Gasteiger partial charge in [-0.25, -0.2) is 14.6 Å². The van der Waals surface area contributed by atoms with Gasteiger partial charge in [-0.05, 0) is 43.3 Å². The van der Waals surface area contributed by atoms with Gasteiger partial charge >= 0.3 is 0 Å². The highest BCUT2D eigenvalue weighted by molar-refractivity contribution is 6.05. The van der Waals surface area contributed by atoms with E-state index in [1.54, 1.807) is 55.3 Å². The van der Waals surface area contributed by atoms with Crippen LogP contribution in [0.15, 0.2) is 102 Å². The SMILES string of the molecule is Cc1c(C(=O)Nc2ccc(-c3nc(-c4cccc(-c5cc[nH]n5)c4)cnc3N)cc2)c(=O)n(-c2ccccc2)n1C. The first-order valence-corrected chi connectivity index (χ1v) is 12.9. The second-order valence-electron chi connectivity index (χ2n) is 9.50. The predicted molar refractivity (Wildman–Crippen MR) is 159 cm³/mol. The fraction of sp³-hybridized carbons (Fsp3) is 0.0645. The normalized spacial score (nSPS) is 11.0. The van der Waals surface area contributed by atoms with E-state index in [0.29, 0.717) is 28.5 Å². The average molecular weight is 543 g/mol. The first kappa shape index (κ1) is 25.5. The van der Waals surface area contributed by atoms with Crippen molar-refractivity contribution in [2.45, 2.75) is 6.92 Å². The van der Waals surface area contributed by atoms with Gasteiger partial charge in [0.25, 0.3) is 11.5 Å². The molecule has 0 unspecified atom stereocenters. The van der Waals surface area contributed by atoms with E-state index in [-0.39, 0.29) is 16.9 Å². The molecular formula is C31H26N8O2. The molecule has 0 saturated heterocycles. The standard InChI is InChI=1S/C31H26N8O2/c1-19-27(31(41)39(38(19)2)24-9-4-3-5-10-24)30(40)35-23-13-11-20(12-14-23)28-29(32)33-18-26(36-28)22-8-6-7-21(17-22)25-15-16-34-37-25/h3-18H,1-2H3,(H2,32,33)(H,34,37)(H,35,40). The summed E-state index contributed by atoms with van der Waals surface area (Å²) in [4.78, 5) is 35.6. The van der Waals surface area contributed by atoms with Crippen LogP contribution in [0.3, 0.4) is 0 Å². The van der Waals surface area contributed by atoms with Gasteiger partial charge in [0.15, 0.2) is 0 Å². The van der Waals surface area contributed by atoms with Crippen LogP contribution >= 0.6 is 0 Å². The number of hydrogen-bond acceptors (Lipinski definition) is 6. The molecule has 3 aromatic carbocycles. The second-order valence-corrected chi connectivity index (χ2v) is 9.50. The number of H-pyrrole nitrogens is 1. The smallest absolute Gasteiger partial charge is 0.284 e. The van der Waals surface area contributed by atoms with E-state index in [2.05, 4.69) is 20.5 Å². The Morgan fingerprint density at radius 1 is 0.902 bits per heavy atom. The van der Waals surface area contributed by atoms with Crippen molar-refractivity contribution >= 4 is 17.4 Å². The zero-order chi connectivity index (χ0) is 28.5. The number of nitrogens with zero attached hydrogens (tertiary/aromatic N) is 5.